The van der Waals surface area contributed by atoms with E-state index in [0.29, 0.717) is 9.81 Å². The molecule has 20 heavy (non-hydrogen) atoms. The molecule has 2 atom stereocenters. The maximum atomic E-state index is 12.5. The summed E-state index contributed by atoms with van der Waals surface area (Å²) in [5.41, 5.74) is 0. The molecular formula is C14H24N2O2S2. The molecule has 2 rings (SSSR count). The van der Waals surface area contributed by atoms with E-state index in [0.717, 1.165) is 51.9 Å². The second kappa shape index (κ2) is 7.64. The maximum Gasteiger partial charge on any atom is 0.128 e. The van der Waals surface area contributed by atoms with Crippen LogP contribution in [0, 0.1) is 0 Å². The topological polar surface area (TPSA) is 40.6 Å². The first-order chi connectivity index (χ1) is 9.61. The third-order valence-corrected chi connectivity index (χ3v) is 6.97. The lowest BCUT2D eigenvalue weighted by Crippen LogP contribution is -2.35. The van der Waals surface area contributed by atoms with Crippen molar-refractivity contribution in [1.82, 2.24) is 8.61 Å². The second-order valence-electron chi connectivity index (χ2n) is 5.32. The van der Waals surface area contributed by atoms with Gasteiger partial charge in [0.05, 0.1) is 9.81 Å². The quantitative estimate of drug-likeness (QED) is 0.730. The summed E-state index contributed by atoms with van der Waals surface area (Å²) in [5, 5.41) is 0. The van der Waals surface area contributed by atoms with Gasteiger partial charge in [0.25, 0.3) is 0 Å². The van der Waals surface area contributed by atoms with E-state index in [2.05, 4.69) is 13.2 Å². The van der Waals surface area contributed by atoms with E-state index in [9.17, 15) is 8.42 Å². The lowest BCUT2D eigenvalue weighted by molar-refractivity contribution is 0.366. The van der Waals surface area contributed by atoms with Crippen molar-refractivity contribution in [3.05, 3.63) is 23.0 Å². The van der Waals surface area contributed by atoms with Crippen LogP contribution in [0.15, 0.2) is 23.0 Å². The Kier molecular flexibility index (Phi) is 6.14. The van der Waals surface area contributed by atoms with E-state index < -0.39 is 22.0 Å². The second-order valence-corrected chi connectivity index (χ2v) is 8.34. The standard InChI is InChI=1S/C14H24N2O2S2/c1-13(19(17)15-9-5-3-6-10-15)14(2)20(18)16-11-7-4-8-12-16/h1-12H2. The van der Waals surface area contributed by atoms with Crippen LogP contribution in [-0.4, -0.2) is 43.2 Å². The van der Waals surface area contributed by atoms with Gasteiger partial charge in [0, 0.05) is 26.2 Å². The van der Waals surface area contributed by atoms with Gasteiger partial charge in [-0.15, -0.1) is 0 Å². The zero-order chi connectivity index (χ0) is 14.5. The molecule has 2 aliphatic heterocycles. The molecule has 0 aromatic rings. The van der Waals surface area contributed by atoms with Crippen LogP contribution in [0.1, 0.15) is 38.5 Å². The van der Waals surface area contributed by atoms with Crippen molar-refractivity contribution in [3.8, 4) is 0 Å². The molecule has 0 saturated carbocycles. The van der Waals surface area contributed by atoms with Gasteiger partial charge in [0.2, 0.25) is 0 Å². The Hall–Kier alpha value is -0.300. The first kappa shape index (κ1) is 16.1. The van der Waals surface area contributed by atoms with Gasteiger partial charge in [-0.1, -0.05) is 26.0 Å². The summed E-state index contributed by atoms with van der Waals surface area (Å²) in [6, 6.07) is 0. The zero-order valence-electron chi connectivity index (χ0n) is 12.0. The molecule has 114 valence electrons. The molecule has 0 aromatic carbocycles. The summed E-state index contributed by atoms with van der Waals surface area (Å²) in [7, 11) is -2.57. The third-order valence-electron chi connectivity index (χ3n) is 3.83. The Labute approximate surface area is 127 Å². The van der Waals surface area contributed by atoms with E-state index in [1.54, 1.807) is 0 Å². The van der Waals surface area contributed by atoms with Crippen LogP contribution in [0.4, 0.5) is 0 Å². The molecule has 0 aromatic heterocycles. The van der Waals surface area contributed by atoms with Gasteiger partial charge in [0.1, 0.15) is 22.0 Å². The molecule has 6 heteroatoms. The summed E-state index contributed by atoms with van der Waals surface area (Å²) in [4.78, 5) is 0.853. The minimum Gasteiger partial charge on any atom is -0.237 e. The average Bonchev–Trinajstić information content (AvgIpc) is 2.53. The minimum absolute atomic E-state index is 0.427. The van der Waals surface area contributed by atoms with E-state index in [4.69, 9.17) is 0 Å². The lowest BCUT2D eigenvalue weighted by atomic mass is 10.2. The van der Waals surface area contributed by atoms with Gasteiger partial charge < -0.3 is 0 Å². The van der Waals surface area contributed by atoms with Crippen LogP contribution in [-0.2, 0) is 22.0 Å². The normalized spacial score (nSPS) is 25.0. The summed E-state index contributed by atoms with van der Waals surface area (Å²) < 4.78 is 28.7. The number of hydrogen-bond acceptors (Lipinski definition) is 2. The molecule has 0 spiro atoms. The van der Waals surface area contributed by atoms with Crippen molar-refractivity contribution in [2.45, 2.75) is 38.5 Å². The van der Waals surface area contributed by atoms with Gasteiger partial charge in [-0.05, 0) is 25.7 Å². The highest BCUT2D eigenvalue weighted by atomic mass is 32.2. The summed E-state index contributed by atoms with van der Waals surface area (Å²) in [6.45, 7) is 11.1. The van der Waals surface area contributed by atoms with E-state index in [1.165, 1.54) is 12.8 Å². The monoisotopic (exact) mass is 316 g/mol. The molecule has 2 heterocycles. The van der Waals surface area contributed by atoms with Gasteiger partial charge in [-0.2, -0.15) is 0 Å². The van der Waals surface area contributed by atoms with Gasteiger partial charge >= 0.3 is 0 Å². The largest absolute Gasteiger partial charge is 0.237 e. The third kappa shape index (κ3) is 3.87. The summed E-state index contributed by atoms with van der Waals surface area (Å²) >= 11 is 0. The van der Waals surface area contributed by atoms with Crippen molar-refractivity contribution in [1.29, 1.82) is 0 Å². The highest BCUT2D eigenvalue weighted by Crippen LogP contribution is 2.23. The van der Waals surface area contributed by atoms with Crippen LogP contribution in [0.5, 0.6) is 0 Å². The van der Waals surface area contributed by atoms with Crippen LogP contribution in [0.25, 0.3) is 0 Å². The molecule has 0 radical (unpaired) electrons. The van der Waals surface area contributed by atoms with Gasteiger partial charge in [-0.3, -0.25) is 0 Å². The summed E-state index contributed by atoms with van der Waals surface area (Å²) in [6.07, 6.45) is 6.67. The van der Waals surface area contributed by atoms with E-state index in [-0.39, 0.29) is 0 Å². The van der Waals surface area contributed by atoms with Crippen molar-refractivity contribution in [2.75, 3.05) is 26.2 Å². The Morgan fingerprint density at radius 3 is 1.25 bits per heavy atom. The lowest BCUT2D eigenvalue weighted by Gasteiger charge is -2.28. The zero-order valence-corrected chi connectivity index (χ0v) is 13.6. The fraction of sp³-hybridized carbons (Fsp3) is 0.714. The van der Waals surface area contributed by atoms with Crippen molar-refractivity contribution in [2.24, 2.45) is 0 Å². The van der Waals surface area contributed by atoms with Crippen molar-refractivity contribution in [3.63, 3.8) is 0 Å². The Morgan fingerprint density at radius 2 is 0.950 bits per heavy atom. The fourth-order valence-electron chi connectivity index (χ4n) is 2.57. The fourth-order valence-corrected chi connectivity index (χ4v) is 5.19. The molecule has 0 N–H and O–H groups in total. The molecule has 0 bridgehead atoms. The average molecular weight is 316 g/mol. The highest BCUT2D eigenvalue weighted by Gasteiger charge is 2.25. The van der Waals surface area contributed by atoms with Crippen LogP contribution in [0.2, 0.25) is 0 Å². The van der Waals surface area contributed by atoms with Gasteiger partial charge in [0.15, 0.2) is 0 Å². The van der Waals surface area contributed by atoms with Crippen molar-refractivity contribution >= 4 is 22.0 Å². The first-order valence-corrected chi connectivity index (χ1v) is 9.54. The summed E-state index contributed by atoms with van der Waals surface area (Å²) in [5.74, 6) is 0. The van der Waals surface area contributed by atoms with Crippen LogP contribution < -0.4 is 0 Å². The van der Waals surface area contributed by atoms with Gasteiger partial charge in [-0.25, -0.2) is 17.0 Å². The predicted octanol–water partition coefficient (Wildman–Crippen LogP) is 2.31. The molecule has 0 amide bonds. The number of rotatable bonds is 5. The Morgan fingerprint density at radius 1 is 0.650 bits per heavy atom. The van der Waals surface area contributed by atoms with Crippen molar-refractivity contribution < 1.29 is 8.42 Å². The first-order valence-electron chi connectivity index (χ1n) is 7.33. The molecule has 4 nitrogen and oxygen atoms in total. The Bertz CT molecular complexity index is 385. The molecule has 2 unspecified atom stereocenters. The van der Waals surface area contributed by atoms with E-state index >= 15 is 0 Å². The number of piperidine rings is 2. The molecule has 0 aliphatic carbocycles. The maximum absolute atomic E-state index is 12.5. The molecule has 2 aliphatic rings. The molecule has 2 fully saturated rings. The predicted molar refractivity (Wildman–Crippen MR) is 85.4 cm³/mol. The number of nitrogens with zero attached hydrogens (tertiary/aromatic N) is 2. The van der Waals surface area contributed by atoms with Crippen LogP contribution in [0.3, 0.4) is 0 Å². The SMILES string of the molecule is C=C(C(=C)S(=O)N1CCCCC1)S(=O)N1CCCCC1. The van der Waals surface area contributed by atoms with Crippen LogP contribution >= 0.6 is 0 Å². The molecular weight excluding hydrogens is 292 g/mol. The minimum atomic E-state index is -1.29. The highest BCUT2D eigenvalue weighted by molar-refractivity contribution is 7.92. The van der Waals surface area contributed by atoms with E-state index in [1.807, 2.05) is 8.61 Å². The number of hydrogen-bond donors (Lipinski definition) is 0. The smallest absolute Gasteiger partial charge is 0.128 e. The Balaban J connectivity index is 1.94. The molecule has 2 saturated heterocycles.